The molecule has 134 valence electrons. The average Bonchev–Trinajstić information content (AvgIpc) is 2.93. The summed E-state index contributed by atoms with van der Waals surface area (Å²) in [5.74, 6) is 0.183. The second-order valence-corrected chi connectivity index (χ2v) is 6.67. The van der Waals surface area contributed by atoms with Crippen LogP contribution in [0.15, 0.2) is 72.8 Å². The van der Waals surface area contributed by atoms with Gasteiger partial charge in [0.15, 0.2) is 5.54 Å². The largest absolute Gasteiger partial charge is 0.497 e. The zero-order chi connectivity index (χ0) is 19.0. The zero-order valence-electron chi connectivity index (χ0n) is 15.2. The number of rotatable bonds is 4. The summed E-state index contributed by atoms with van der Waals surface area (Å²) in [6.45, 7) is 1.99. The molecule has 27 heavy (non-hydrogen) atoms. The van der Waals surface area contributed by atoms with Crippen LogP contribution in [0.25, 0.3) is 0 Å². The van der Waals surface area contributed by atoms with Crippen LogP contribution in [0, 0.1) is 6.92 Å². The molecule has 0 amide bonds. The van der Waals surface area contributed by atoms with Gasteiger partial charge in [0.2, 0.25) is 11.6 Å². The predicted molar refractivity (Wildman–Crippen MR) is 105 cm³/mol. The number of benzene rings is 3. The van der Waals surface area contributed by atoms with Gasteiger partial charge in [0, 0.05) is 16.8 Å². The number of fused-ring (bicyclic) bond motifs is 1. The summed E-state index contributed by atoms with van der Waals surface area (Å²) >= 11 is 0. The number of ether oxygens (including phenoxy) is 1. The van der Waals surface area contributed by atoms with E-state index in [4.69, 9.17) is 4.74 Å². The van der Waals surface area contributed by atoms with Crippen molar-refractivity contribution >= 4 is 17.3 Å². The van der Waals surface area contributed by atoms with E-state index in [9.17, 15) is 9.59 Å². The monoisotopic (exact) mass is 357 g/mol. The van der Waals surface area contributed by atoms with Crippen molar-refractivity contribution in [3.8, 4) is 5.75 Å². The number of carbonyl (C=O) groups excluding carboxylic acids is 2. The molecule has 0 unspecified atom stereocenters. The van der Waals surface area contributed by atoms with Gasteiger partial charge in [-0.1, -0.05) is 54.1 Å². The van der Waals surface area contributed by atoms with E-state index in [0.717, 1.165) is 5.56 Å². The summed E-state index contributed by atoms with van der Waals surface area (Å²) in [5, 5.41) is 3.24. The van der Waals surface area contributed by atoms with Gasteiger partial charge in [-0.15, -0.1) is 0 Å². The molecule has 3 aromatic rings. The predicted octanol–water partition coefficient (Wildman–Crippen LogP) is 4.39. The molecule has 0 radical (unpaired) electrons. The van der Waals surface area contributed by atoms with Crippen molar-refractivity contribution < 1.29 is 14.3 Å². The first-order valence-corrected chi connectivity index (χ1v) is 8.74. The SMILES string of the molecule is COc1ccc(C2(Nc3ccc(C)cc3)C(=O)c3ccccc3C2=O)cc1. The molecule has 1 N–H and O–H groups in total. The van der Waals surface area contributed by atoms with Crippen molar-refractivity contribution in [1.82, 2.24) is 0 Å². The standard InChI is InChI=1S/C23H19NO3/c1-15-7-11-17(12-8-15)24-23(16-9-13-18(27-2)14-10-16)21(25)19-5-3-4-6-20(19)22(23)26/h3-14,24H,1-2H3. The number of hydrogen-bond acceptors (Lipinski definition) is 4. The van der Waals surface area contributed by atoms with Crippen LogP contribution >= 0.6 is 0 Å². The maximum absolute atomic E-state index is 13.4. The number of anilines is 1. The highest BCUT2D eigenvalue weighted by Crippen LogP contribution is 2.40. The third-order valence-electron chi connectivity index (χ3n) is 5.00. The zero-order valence-corrected chi connectivity index (χ0v) is 15.2. The number of nitrogens with one attached hydrogen (secondary N) is 1. The summed E-state index contributed by atoms with van der Waals surface area (Å²) < 4.78 is 5.22. The van der Waals surface area contributed by atoms with Crippen molar-refractivity contribution in [2.75, 3.05) is 12.4 Å². The Hall–Kier alpha value is -3.40. The fraction of sp³-hybridized carbons (Fsp3) is 0.130. The summed E-state index contributed by atoms with van der Waals surface area (Å²) in [4.78, 5) is 26.9. The van der Waals surface area contributed by atoms with Crippen LogP contribution in [0.5, 0.6) is 5.75 Å². The molecule has 0 aliphatic heterocycles. The van der Waals surface area contributed by atoms with Crippen molar-refractivity contribution in [3.63, 3.8) is 0 Å². The average molecular weight is 357 g/mol. The normalized spacial score (nSPS) is 14.7. The molecule has 4 heteroatoms. The minimum atomic E-state index is -1.48. The summed E-state index contributed by atoms with van der Waals surface area (Å²) in [6.07, 6.45) is 0. The molecule has 0 heterocycles. The van der Waals surface area contributed by atoms with Crippen LogP contribution in [0.1, 0.15) is 31.8 Å². The van der Waals surface area contributed by atoms with E-state index in [0.29, 0.717) is 28.1 Å². The van der Waals surface area contributed by atoms with E-state index in [2.05, 4.69) is 5.32 Å². The van der Waals surface area contributed by atoms with Gasteiger partial charge in [-0.05, 0) is 36.8 Å². The maximum Gasteiger partial charge on any atom is 0.201 e. The van der Waals surface area contributed by atoms with E-state index in [-0.39, 0.29) is 11.6 Å². The van der Waals surface area contributed by atoms with Gasteiger partial charge >= 0.3 is 0 Å². The molecule has 0 saturated heterocycles. The second kappa shape index (κ2) is 6.40. The van der Waals surface area contributed by atoms with Crippen LogP contribution in [0.4, 0.5) is 5.69 Å². The number of methoxy groups -OCH3 is 1. The van der Waals surface area contributed by atoms with E-state index in [1.807, 2.05) is 31.2 Å². The minimum Gasteiger partial charge on any atom is -0.497 e. The Morgan fingerprint density at radius 2 is 1.33 bits per heavy atom. The quantitative estimate of drug-likeness (QED) is 0.704. The first-order valence-electron chi connectivity index (χ1n) is 8.74. The van der Waals surface area contributed by atoms with Crippen LogP contribution in [0.2, 0.25) is 0 Å². The van der Waals surface area contributed by atoms with Crippen LogP contribution < -0.4 is 10.1 Å². The van der Waals surface area contributed by atoms with Gasteiger partial charge in [0.25, 0.3) is 0 Å². The topological polar surface area (TPSA) is 55.4 Å². The number of carbonyl (C=O) groups is 2. The molecule has 4 rings (SSSR count). The third kappa shape index (κ3) is 2.61. The summed E-state index contributed by atoms with van der Waals surface area (Å²) in [5.41, 5.74) is 1.81. The lowest BCUT2D eigenvalue weighted by Crippen LogP contribution is -2.46. The molecule has 1 aliphatic carbocycles. The molecule has 0 atom stereocenters. The fourth-order valence-electron chi connectivity index (χ4n) is 3.53. The maximum atomic E-state index is 13.4. The molecule has 0 bridgehead atoms. The molecule has 0 aromatic heterocycles. The Bertz CT molecular complexity index is 985. The Labute approximate surface area is 157 Å². The van der Waals surface area contributed by atoms with Crippen LogP contribution in [0.3, 0.4) is 0 Å². The van der Waals surface area contributed by atoms with Crippen molar-refractivity contribution in [2.24, 2.45) is 0 Å². The highest BCUT2D eigenvalue weighted by Gasteiger charge is 2.54. The Morgan fingerprint density at radius 3 is 1.85 bits per heavy atom. The van der Waals surface area contributed by atoms with Crippen LogP contribution in [-0.2, 0) is 5.54 Å². The number of ketones is 2. The fourth-order valence-corrected chi connectivity index (χ4v) is 3.53. The lowest BCUT2D eigenvalue weighted by molar-refractivity contribution is 0.0818. The Kier molecular flexibility index (Phi) is 4.04. The first-order chi connectivity index (χ1) is 13.1. The molecule has 0 spiro atoms. The highest BCUT2D eigenvalue weighted by atomic mass is 16.5. The summed E-state index contributed by atoms with van der Waals surface area (Å²) in [6, 6.07) is 21.7. The van der Waals surface area contributed by atoms with E-state index in [1.165, 1.54) is 0 Å². The minimum absolute atomic E-state index is 0.242. The van der Waals surface area contributed by atoms with Gasteiger partial charge in [-0.2, -0.15) is 0 Å². The van der Waals surface area contributed by atoms with Crippen molar-refractivity contribution in [1.29, 1.82) is 0 Å². The van der Waals surface area contributed by atoms with Gasteiger partial charge < -0.3 is 10.1 Å². The van der Waals surface area contributed by atoms with E-state index in [1.54, 1.807) is 55.6 Å². The van der Waals surface area contributed by atoms with Crippen LogP contribution in [-0.4, -0.2) is 18.7 Å². The first kappa shape index (κ1) is 17.0. The van der Waals surface area contributed by atoms with Gasteiger partial charge in [-0.3, -0.25) is 9.59 Å². The van der Waals surface area contributed by atoms with Crippen molar-refractivity contribution in [3.05, 3.63) is 95.1 Å². The van der Waals surface area contributed by atoms with Crippen molar-refractivity contribution in [2.45, 2.75) is 12.5 Å². The number of Topliss-reactive ketones (excluding diaryl/α,β-unsaturated/α-hetero) is 2. The number of hydrogen-bond donors (Lipinski definition) is 1. The molecule has 0 saturated carbocycles. The second-order valence-electron chi connectivity index (χ2n) is 6.67. The molecule has 0 fully saturated rings. The Morgan fingerprint density at radius 1 is 0.778 bits per heavy atom. The molecule has 3 aromatic carbocycles. The van der Waals surface area contributed by atoms with Gasteiger partial charge in [0.1, 0.15) is 5.75 Å². The smallest absolute Gasteiger partial charge is 0.201 e. The Balaban J connectivity index is 1.89. The third-order valence-corrected chi connectivity index (χ3v) is 5.00. The molecular formula is C23H19NO3. The lowest BCUT2D eigenvalue weighted by atomic mass is 9.84. The number of aryl methyl sites for hydroxylation is 1. The molecule has 1 aliphatic rings. The van der Waals surface area contributed by atoms with E-state index >= 15 is 0 Å². The lowest BCUT2D eigenvalue weighted by Gasteiger charge is -2.29. The summed E-state index contributed by atoms with van der Waals surface area (Å²) in [7, 11) is 1.58. The van der Waals surface area contributed by atoms with E-state index < -0.39 is 5.54 Å². The van der Waals surface area contributed by atoms with Gasteiger partial charge in [0.05, 0.1) is 7.11 Å². The highest BCUT2D eigenvalue weighted by molar-refractivity contribution is 6.34. The molecule has 4 nitrogen and oxygen atoms in total. The molecular weight excluding hydrogens is 338 g/mol. The van der Waals surface area contributed by atoms with Gasteiger partial charge in [-0.25, -0.2) is 0 Å².